The lowest BCUT2D eigenvalue weighted by Crippen LogP contribution is -2.58. The third kappa shape index (κ3) is 3.63. The van der Waals surface area contributed by atoms with Gasteiger partial charge in [0.05, 0.1) is 0 Å². The average molecular weight is 379 g/mol. The maximum atomic E-state index is 13.4. The van der Waals surface area contributed by atoms with E-state index < -0.39 is 0 Å². The molecule has 3 heterocycles. The molecule has 0 unspecified atom stereocenters. The largest absolute Gasteiger partial charge is 0.373 e. The van der Waals surface area contributed by atoms with Gasteiger partial charge in [0.25, 0.3) is 5.91 Å². The predicted molar refractivity (Wildman–Crippen MR) is 113 cm³/mol. The zero-order valence-electron chi connectivity index (χ0n) is 16.8. The van der Waals surface area contributed by atoms with Gasteiger partial charge in [-0.05, 0) is 50.6 Å². The van der Waals surface area contributed by atoms with E-state index in [0.717, 1.165) is 37.3 Å². The highest BCUT2D eigenvalue weighted by Crippen LogP contribution is 2.38. The third-order valence-electron chi connectivity index (χ3n) is 6.41. The van der Waals surface area contributed by atoms with E-state index in [1.54, 1.807) is 6.20 Å². The number of amides is 1. The zero-order valence-corrected chi connectivity index (χ0v) is 16.8. The smallest absolute Gasteiger partial charge is 0.254 e. The first-order chi connectivity index (χ1) is 13.7. The van der Waals surface area contributed by atoms with Crippen molar-refractivity contribution in [2.24, 2.45) is 0 Å². The Kier molecular flexibility index (Phi) is 5.62. The molecule has 2 aliphatic rings. The number of likely N-dealkylation sites (N-methyl/N-ethyl adjacent to an activating group) is 1. The van der Waals surface area contributed by atoms with Crippen LogP contribution in [0.25, 0.3) is 0 Å². The SMILES string of the molecule is CNc1cc(C(=O)N2CC[C@H](c3ccccc3)[C@@H]3[C@H]2CCCCN3C)ccn1. The summed E-state index contributed by atoms with van der Waals surface area (Å²) in [6, 6.07) is 15.2. The van der Waals surface area contributed by atoms with Crippen LogP contribution in [0.1, 0.15) is 47.5 Å². The Bertz CT molecular complexity index is 809. The molecule has 3 atom stereocenters. The molecule has 0 saturated carbocycles. The Morgan fingerprint density at radius 2 is 1.93 bits per heavy atom. The summed E-state index contributed by atoms with van der Waals surface area (Å²) in [5.74, 6) is 1.35. The van der Waals surface area contributed by atoms with Crippen molar-refractivity contribution in [2.75, 3.05) is 32.5 Å². The summed E-state index contributed by atoms with van der Waals surface area (Å²) in [6.07, 6.45) is 6.17. The number of rotatable bonds is 3. The Hall–Kier alpha value is -2.40. The van der Waals surface area contributed by atoms with Crippen LogP contribution in [0.4, 0.5) is 5.82 Å². The fourth-order valence-electron chi connectivity index (χ4n) is 5.04. The van der Waals surface area contributed by atoms with Gasteiger partial charge in [0.2, 0.25) is 0 Å². The number of anilines is 1. The molecule has 1 N–H and O–H groups in total. The van der Waals surface area contributed by atoms with Crippen LogP contribution in [0.15, 0.2) is 48.7 Å². The first kappa shape index (κ1) is 18.9. The second-order valence-electron chi connectivity index (χ2n) is 8.02. The highest BCUT2D eigenvalue weighted by molar-refractivity contribution is 5.95. The van der Waals surface area contributed by atoms with E-state index >= 15 is 0 Å². The van der Waals surface area contributed by atoms with Crippen molar-refractivity contribution in [3.63, 3.8) is 0 Å². The number of piperidine rings is 1. The highest BCUT2D eigenvalue weighted by atomic mass is 16.2. The number of aromatic nitrogens is 1. The molecule has 1 amide bonds. The maximum Gasteiger partial charge on any atom is 0.254 e. The van der Waals surface area contributed by atoms with Crippen molar-refractivity contribution in [3.8, 4) is 0 Å². The van der Waals surface area contributed by atoms with Crippen LogP contribution in [0.3, 0.4) is 0 Å². The van der Waals surface area contributed by atoms with Crippen molar-refractivity contribution < 1.29 is 4.79 Å². The normalized spacial score (nSPS) is 25.6. The number of pyridine rings is 1. The molecule has 28 heavy (non-hydrogen) atoms. The molecule has 5 nitrogen and oxygen atoms in total. The van der Waals surface area contributed by atoms with E-state index in [1.165, 1.54) is 18.4 Å². The number of carbonyl (C=O) groups is 1. The van der Waals surface area contributed by atoms with E-state index in [1.807, 2.05) is 19.2 Å². The molecule has 148 valence electrons. The molecule has 0 bridgehead atoms. The van der Waals surface area contributed by atoms with Gasteiger partial charge in [-0.15, -0.1) is 0 Å². The van der Waals surface area contributed by atoms with Crippen LogP contribution in [-0.4, -0.2) is 60.0 Å². The number of nitrogens with zero attached hydrogens (tertiary/aromatic N) is 3. The first-order valence-corrected chi connectivity index (χ1v) is 10.4. The first-order valence-electron chi connectivity index (χ1n) is 10.4. The summed E-state index contributed by atoms with van der Waals surface area (Å²) in [4.78, 5) is 22.3. The Morgan fingerprint density at radius 3 is 2.71 bits per heavy atom. The zero-order chi connectivity index (χ0) is 19.5. The molecule has 1 aromatic heterocycles. The number of hydrogen-bond donors (Lipinski definition) is 1. The van der Waals surface area contributed by atoms with E-state index in [9.17, 15) is 4.79 Å². The van der Waals surface area contributed by atoms with Crippen molar-refractivity contribution in [3.05, 3.63) is 59.8 Å². The summed E-state index contributed by atoms with van der Waals surface area (Å²) in [6.45, 7) is 1.91. The van der Waals surface area contributed by atoms with Crippen LogP contribution >= 0.6 is 0 Å². The standard InChI is InChI=1S/C23H30N4O/c1-24-21-16-18(11-13-25-21)23(28)27-15-12-19(17-8-4-3-5-9-17)22-20(27)10-6-7-14-26(22)2/h3-5,8-9,11,13,16,19-20,22H,6-7,10,12,14-15H2,1-2H3,(H,24,25)/t19-,20-,22-/m1/s1. The van der Waals surface area contributed by atoms with Crippen LogP contribution < -0.4 is 5.32 Å². The number of benzene rings is 1. The fraction of sp³-hybridized carbons (Fsp3) is 0.478. The third-order valence-corrected chi connectivity index (χ3v) is 6.41. The summed E-state index contributed by atoms with van der Waals surface area (Å²) in [5, 5.41) is 3.04. The van der Waals surface area contributed by atoms with Crippen LogP contribution in [0.2, 0.25) is 0 Å². The molecule has 2 aliphatic heterocycles. The molecule has 2 aromatic rings. The van der Waals surface area contributed by atoms with E-state index in [0.29, 0.717) is 12.0 Å². The summed E-state index contributed by atoms with van der Waals surface area (Å²) in [5.41, 5.74) is 2.13. The number of nitrogens with one attached hydrogen (secondary N) is 1. The Morgan fingerprint density at radius 1 is 1.11 bits per heavy atom. The van der Waals surface area contributed by atoms with Gasteiger partial charge in [-0.25, -0.2) is 4.98 Å². The van der Waals surface area contributed by atoms with Gasteiger partial charge in [0, 0.05) is 43.4 Å². The summed E-state index contributed by atoms with van der Waals surface area (Å²) < 4.78 is 0. The molecule has 0 spiro atoms. The molecule has 5 heteroatoms. The van der Waals surface area contributed by atoms with Crippen molar-refractivity contribution in [1.82, 2.24) is 14.8 Å². The minimum absolute atomic E-state index is 0.135. The van der Waals surface area contributed by atoms with Crippen LogP contribution in [0, 0.1) is 0 Å². The minimum Gasteiger partial charge on any atom is -0.373 e. The average Bonchev–Trinajstić information content (AvgIpc) is 2.95. The molecular formula is C23H30N4O. The van der Waals surface area contributed by atoms with Gasteiger partial charge < -0.3 is 15.1 Å². The van der Waals surface area contributed by atoms with Gasteiger partial charge in [-0.2, -0.15) is 0 Å². The number of fused-ring (bicyclic) bond motifs is 1. The lowest BCUT2D eigenvalue weighted by atomic mass is 9.79. The van der Waals surface area contributed by atoms with Gasteiger partial charge in [0.15, 0.2) is 0 Å². The fourth-order valence-corrected chi connectivity index (χ4v) is 5.04. The molecule has 2 fully saturated rings. The van der Waals surface area contributed by atoms with Crippen LogP contribution in [-0.2, 0) is 0 Å². The maximum absolute atomic E-state index is 13.4. The molecule has 0 radical (unpaired) electrons. The second-order valence-corrected chi connectivity index (χ2v) is 8.02. The van der Waals surface area contributed by atoms with Crippen molar-refractivity contribution in [2.45, 2.75) is 43.7 Å². The molecule has 2 saturated heterocycles. The summed E-state index contributed by atoms with van der Waals surface area (Å²) >= 11 is 0. The minimum atomic E-state index is 0.135. The monoisotopic (exact) mass is 378 g/mol. The Balaban J connectivity index is 1.66. The van der Waals surface area contributed by atoms with Gasteiger partial charge >= 0.3 is 0 Å². The highest BCUT2D eigenvalue weighted by Gasteiger charge is 2.43. The van der Waals surface area contributed by atoms with Crippen molar-refractivity contribution >= 4 is 11.7 Å². The van der Waals surface area contributed by atoms with E-state index in [2.05, 4.69) is 57.5 Å². The van der Waals surface area contributed by atoms with Gasteiger partial charge in [-0.3, -0.25) is 4.79 Å². The Labute approximate surface area is 167 Å². The predicted octanol–water partition coefficient (Wildman–Crippen LogP) is 3.61. The second kappa shape index (κ2) is 8.31. The number of hydrogen-bond acceptors (Lipinski definition) is 4. The van der Waals surface area contributed by atoms with E-state index in [4.69, 9.17) is 0 Å². The molecule has 0 aliphatic carbocycles. The lowest BCUT2D eigenvalue weighted by molar-refractivity contribution is 0.0318. The molecule has 1 aromatic carbocycles. The van der Waals surface area contributed by atoms with Crippen molar-refractivity contribution in [1.29, 1.82) is 0 Å². The van der Waals surface area contributed by atoms with Gasteiger partial charge in [-0.1, -0.05) is 36.8 Å². The molecule has 4 rings (SSSR count). The lowest BCUT2D eigenvalue weighted by Gasteiger charge is -2.48. The van der Waals surface area contributed by atoms with Gasteiger partial charge in [0.1, 0.15) is 5.82 Å². The van der Waals surface area contributed by atoms with Crippen LogP contribution in [0.5, 0.6) is 0 Å². The quantitative estimate of drug-likeness (QED) is 0.886. The topological polar surface area (TPSA) is 48.5 Å². The summed E-state index contributed by atoms with van der Waals surface area (Å²) in [7, 11) is 4.07. The van der Waals surface area contributed by atoms with E-state index in [-0.39, 0.29) is 11.9 Å². The number of carbonyl (C=O) groups excluding carboxylic acids is 1. The number of likely N-dealkylation sites (tertiary alicyclic amines) is 2. The molecular weight excluding hydrogens is 348 g/mol.